The highest BCUT2D eigenvalue weighted by atomic mass is 16.3. The van der Waals surface area contributed by atoms with Crippen LogP contribution < -0.4 is 5.73 Å². The van der Waals surface area contributed by atoms with Gasteiger partial charge in [-0.25, -0.2) is 0 Å². The van der Waals surface area contributed by atoms with Gasteiger partial charge in [0.15, 0.2) is 0 Å². The van der Waals surface area contributed by atoms with Gasteiger partial charge in [-0.3, -0.25) is 4.79 Å². The molecule has 0 aliphatic heterocycles. The summed E-state index contributed by atoms with van der Waals surface area (Å²) in [5.41, 5.74) is 6.11. The van der Waals surface area contributed by atoms with E-state index in [0.29, 0.717) is 24.2 Å². The Hall–Kier alpha value is -0.450. The molecule has 4 heteroatoms. The van der Waals surface area contributed by atoms with E-state index < -0.39 is 0 Å². The van der Waals surface area contributed by atoms with Gasteiger partial charge in [0.25, 0.3) is 0 Å². The molecular formula is C18H29NO3. The maximum Gasteiger partial charge on any atom is 0.150 e. The van der Waals surface area contributed by atoms with Crippen molar-refractivity contribution in [1.29, 1.82) is 0 Å². The number of carbonyl (C=O) groups excluding carboxylic acids is 1. The summed E-state index contributed by atoms with van der Waals surface area (Å²) in [5.74, 6) is 2.33. The second-order valence-corrected chi connectivity index (χ2v) is 8.73. The summed E-state index contributed by atoms with van der Waals surface area (Å²) < 4.78 is 0. The third-order valence-electron chi connectivity index (χ3n) is 7.85. The van der Waals surface area contributed by atoms with Crippen LogP contribution in [0.25, 0.3) is 0 Å². The average Bonchev–Trinajstić information content (AvgIpc) is 2.70. The molecule has 0 heterocycles. The van der Waals surface area contributed by atoms with E-state index in [1.54, 1.807) is 0 Å². The largest absolute Gasteiger partial charge is 0.393 e. The zero-order valence-electron chi connectivity index (χ0n) is 13.4. The molecule has 0 spiro atoms. The van der Waals surface area contributed by atoms with Crippen molar-refractivity contribution in [3.05, 3.63) is 0 Å². The molecule has 0 aromatic carbocycles. The molecule has 4 unspecified atom stereocenters. The predicted octanol–water partition coefficient (Wildman–Crippen LogP) is 1.48. The molecule has 0 bridgehead atoms. The smallest absolute Gasteiger partial charge is 0.150 e. The van der Waals surface area contributed by atoms with Crippen LogP contribution in [0.4, 0.5) is 0 Å². The van der Waals surface area contributed by atoms with Gasteiger partial charge < -0.3 is 15.9 Å². The topological polar surface area (TPSA) is 83.5 Å². The van der Waals surface area contributed by atoms with Crippen LogP contribution in [0, 0.1) is 35.0 Å². The van der Waals surface area contributed by atoms with Gasteiger partial charge in [-0.15, -0.1) is 0 Å². The van der Waals surface area contributed by atoms with Crippen molar-refractivity contribution in [2.24, 2.45) is 40.7 Å². The molecule has 4 N–H and O–H groups in total. The summed E-state index contributed by atoms with van der Waals surface area (Å²) in [7, 11) is 0. The van der Waals surface area contributed by atoms with Gasteiger partial charge in [0.1, 0.15) is 5.78 Å². The van der Waals surface area contributed by atoms with Gasteiger partial charge in [-0.1, -0.05) is 6.92 Å². The van der Waals surface area contributed by atoms with Crippen molar-refractivity contribution < 1.29 is 15.0 Å². The van der Waals surface area contributed by atoms with E-state index in [1.165, 1.54) is 0 Å². The second-order valence-electron chi connectivity index (χ2n) is 8.73. The van der Waals surface area contributed by atoms with Crippen molar-refractivity contribution in [2.75, 3.05) is 0 Å². The van der Waals surface area contributed by atoms with Crippen LogP contribution in [0.2, 0.25) is 0 Å². The van der Waals surface area contributed by atoms with Crippen LogP contribution in [-0.4, -0.2) is 34.2 Å². The number of nitrogens with two attached hydrogens (primary N) is 1. The molecule has 4 rings (SSSR count). The van der Waals surface area contributed by atoms with E-state index in [2.05, 4.69) is 6.92 Å². The first kappa shape index (κ1) is 15.1. The molecule has 4 nitrogen and oxygen atoms in total. The van der Waals surface area contributed by atoms with Crippen molar-refractivity contribution in [3.63, 3.8) is 0 Å². The number of carbonyl (C=O) groups is 1. The van der Waals surface area contributed by atoms with Gasteiger partial charge in [0.2, 0.25) is 0 Å². The highest BCUT2D eigenvalue weighted by Gasteiger charge is 2.61. The fourth-order valence-corrected chi connectivity index (χ4v) is 6.68. The average molecular weight is 307 g/mol. The Kier molecular flexibility index (Phi) is 3.45. The van der Waals surface area contributed by atoms with Crippen molar-refractivity contribution in [2.45, 2.75) is 70.1 Å². The van der Waals surface area contributed by atoms with E-state index >= 15 is 0 Å². The molecule has 0 aromatic rings. The van der Waals surface area contributed by atoms with Gasteiger partial charge in [-0.2, -0.15) is 0 Å². The molecule has 0 aromatic heterocycles. The second kappa shape index (κ2) is 5.02. The quantitative estimate of drug-likeness (QED) is 0.633. The Bertz CT molecular complexity index is 481. The minimum absolute atomic E-state index is 0.111. The van der Waals surface area contributed by atoms with Gasteiger partial charge in [0.05, 0.1) is 18.2 Å². The molecule has 4 fully saturated rings. The first-order valence-electron chi connectivity index (χ1n) is 9.06. The minimum Gasteiger partial charge on any atom is -0.393 e. The standard InChI is InChI=1S/C18H29NO3/c1-18-5-4-12-11-3-2-10(20)6-9(11)7-14(21)16(12)13(18)8-15(22)17(18)19/h9-14,16-17,20-21H,2-8,19H2,1H3/t9?,10?,11-,12+,13-,14?,16+,17?,18-/m0/s1. The van der Waals surface area contributed by atoms with E-state index in [9.17, 15) is 15.0 Å². The molecule has 4 saturated carbocycles. The highest BCUT2D eigenvalue weighted by Crippen LogP contribution is 2.61. The number of rotatable bonds is 0. The molecule has 0 saturated heterocycles. The molecular weight excluding hydrogens is 278 g/mol. The fraction of sp³-hybridized carbons (Fsp3) is 0.944. The van der Waals surface area contributed by atoms with E-state index in [0.717, 1.165) is 38.5 Å². The molecule has 9 atom stereocenters. The van der Waals surface area contributed by atoms with Gasteiger partial charge in [-0.05, 0) is 73.5 Å². The Morgan fingerprint density at radius 3 is 2.68 bits per heavy atom. The zero-order chi connectivity index (χ0) is 15.6. The summed E-state index contributed by atoms with van der Waals surface area (Å²) in [6.45, 7) is 2.17. The van der Waals surface area contributed by atoms with Crippen LogP contribution in [-0.2, 0) is 4.79 Å². The third kappa shape index (κ3) is 1.96. The Morgan fingerprint density at radius 1 is 1.14 bits per heavy atom. The molecule has 4 aliphatic rings. The van der Waals surface area contributed by atoms with Crippen molar-refractivity contribution in [3.8, 4) is 0 Å². The fourth-order valence-electron chi connectivity index (χ4n) is 6.68. The van der Waals surface area contributed by atoms with E-state index in [-0.39, 0.29) is 41.3 Å². The van der Waals surface area contributed by atoms with Gasteiger partial charge in [0, 0.05) is 6.42 Å². The number of aliphatic hydroxyl groups excluding tert-OH is 2. The molecule has 22 heavy (non-hydrogen) atoms. The van der Waals surface area contributed by atoms with E-state index in [1.807, 2.05) is 0 Å². The van der Waals surface area contributed by atoms with Crippen LogP contribution in [0.5, 0.6) is 0 Å². The first-order chi connectivity index (χ1) is 10.4. The zero-order valence-corrected chi connectivity index (χ0v) is 13.4. The summed E-state index contributed by atoms with van der Waals surface area (Å²) in [4.78, 5) is 12.2. The Labute approximate surface area is 132 Å². The first-order valence-corrected chi connectivity index (χ1v) is 9.06. The highest BCUT2D eigenvalue weighted by molar-refractivity contribution is 5.87. The summed E-state index contributed by atoms with van der Waals surface area (Å²) in [5, 5.41) is 20.8. The SMILES string of the molecule is C[C@]12CC[C@H]3[C@@H](C(O)CC4CC(O)CC[C@@H]43)[C@@H]1CC(=O)C2N. The maximum atomic E-state index is 12.2. The lowest BCUT2D eigenvalue weighted by Gasteiger charge is -2.57. The number of aliphatic hydroxyl groups is 2. The monoisotopic (exact) mass is 307 g/mol. The molecule has 0 amide bonds. The lowest BCUT2D eigenvalue weighted by molar-refractivity contribution is -0.129. The maximum absolute atomic E-state index is 12.2. The molecule has 4 aliphatic carbocycles. The lowest BCUT2D eigenvalue weighted by atomic mass is 9.49. The van der Waals surface area contributed by atoms with Crippen molar-refractivity contribution >= 4 is 5.78 Å². The lowest BCUT2D eigenvalue weighted by Crippen LogP contribution is -2.56. The minimum atomic E-state index is -0.337. The normalized spacial score (nSPS) is 57.9. The Morgan fingerprint density at radius 2 is 1.91 bits per heavy atom. The number of hydrogen-bond acceptors (Lipinski definition) is 4. The van der Waals surface area contributed by atoms with E-state index in [4.69, 9.17) is 5.73 Å². The summed E-state index contributed by atoms with van der Waals surface area (Å²) in [6, 6.07) is -0.337. The molecule has 124 valence electrons. The van der Waals surface area contributed by atoms with Crippen molar-refractivity contribution in [1.82, 2.24) is 0 Å². The summed E-state index contributed by atoms with van der Waals surface area (Å²) >= 11 is 0. The predicted molar refractivity (Wildman–Crippen MR) is 82.9 cm³/mol. The molecule has 0 radical (unpaired) electrons. The Balaban J connectivity index is 1.64. The number of hydrogen-bond donors (Lipinski definition) is 3. The van der Waals surface area contributed by atoms with Crippen LogP contribution in [0.15, 0.2) is 0 Å². The summed E-state index contributed by atoms with van der Waals surface area (Å²) in [6.07, 6.45) is 5.82. The van der Waals surface area contributed by atoms with Crippen LogP contribution in [0.1, 0.15) is 51.9 Å². The van der Waals surface area contributed by atoms with Crippen LogP contribution >= 0.6 is 0 Å². The van der Waals surface area contributed by atoms with Crippen LogP contribution in [0.3, 0.4) is 0 Å². The number of ketones is 1. The third-order valence-corrected chi connectivity index (χ3v) is 7.85. The number of fused-ring (bicyclic) bond motifs is 5. The number of Topliss-reactive ketones (excluding diaryl/α,β-unsaturated/α-hetero) is 1. The van der Waals surface area contributed by atoms with Gasteiger partial charge >= 0.3 is 0 Å².